The van der Waals surface area contributed by atoms with Crippen molar-refractivity contribution in [2.45, 2.75) is 51.2 Å². The van der Waals surface area contributed by atoms with Gasteiger partial charge in [0.1, 0.15) is 0 Å². The van der Waals surface area contributed by atoms with E-state index >= 15 is 0 Å². The normalized spacial score (nSPS) is 24.0. The Morgan fingerprint density at radius 3 is 2.88 bits per heavy atom. The molecule has 2 N–H and O–H groups in total. The third-order valence-corrected chi connectivity index (χ3v) is 5.92. The maximum Gasteiger partial charge on any atom is 0.0535 e. The summed E-state index contributed by atoms with van der Waals surface area (Å²) in [6.45, 7) is 4.62. The number of rotatable bonds is 4. The van der Waals surface area contributed by atoms with Crippen molar-refractivity contribution in [2.24, 2.45) is 0 Å². The van der Waals surface area contributed by atoms with Crippen LogP contribution in [-0.2, 0) is 0 Å². The van der Waals surface area contributed by atoms with Crippen LogP contribution in [0.1, 0.15) is 33.1 Å². The number of aromatic nitrogens is 2. The van der Waals surface area contributed by atoms with Gasteiger partial charge in [-0.05, 0) is 68.4 Å². The summed E-state index contributed by atoms with van der Waals surface area (Å²) in [4.78, 5) is 10.3. The van der Waals surface area contributed by atoms with E-state index < -0.39 is 0 Å². The summed E-state index contributed by atoms with van der Waals surface area (Å²) in [5, 5.41) is 4.98. The van der Waals surface area contributed by atoms with Crippen molar-refractivity contribution >= 4 is 16.6 Å². The molecule has 0 radical (unpaired) electrons. The van der Waals surface area contributed by atoms with Crippen LogP contribution in [0.15, 0.2) is 48.9 Å². The maximum absolute atomic E-state index is 4.49. The van der Waals surface area contributed by atoms with Crippen molar-refractivity contribution in [3.05, 3.63) is 48.9 Å². The van der Waals surface area contributed by atoms with Crippen LogP contribution in [0.25, 0.3) is 22.0 Å². The number of hydrogen-bond donors (Lipinski definition) is 2. The van der Waals surface area contributed by atoms with Gasteiger partial charge in [-0.2, -0.15) is 0 Å². The van der Waals surface area contributed by atoms with Crippen LogP contribution in [0.3, 0.4) is 0 Å². The van der Waals surface area contributed by atoms with Gasteiger partial charge in [0.25, 0.3) is 0 Å². The SMILES string of the molecule is CCC1C[C@H](Nc2cncc(-c3ccc4[nH]ccc4c3)c2)CC(C)N1C. The number of piperidine rings is 1. The molecule has 0 saturated carbocycles. The Labute approximate surface area is 155 Å². The third kappa shape index (κ3) is 3.34. The molecule has 0 bridgehead atoms. The molecule has 4 rings (SSSR count). The average molecular weight is 348 g/mol. The smallest absolute Gasteiger partial charge is 0.0535 e. The van der Waals surface area contributed by atoms with Gasteiger partial charge in [-0.25, -0.2) is 0 Å². The first-order valence-corrected chi connectivity index (χ1v) is 9.65. The summed E-state index contributed by atoms with van der Waals surface area (Å²) in [6, 6.07) is 12.6. The molecule has 1 aliphatic rings. The van der Waals surface area contributed by atoms with Gasteiger partial charge >= 0.3 is 0 Å². The van der Waals surface area contributed by atoms with Gasteiger partial charge in [-0.1, -0.05) is 13.0 Å². The molecular formula is C22H28N4. The highest BCUT2D eigenvalue weighted by molar-refractivity contribution is 5.85. The number of nitrogens with one attached hydrogen (secondary N) is 2. The van der Waals surface area contributed by atoms with Gasteiger partial charge in [-0.15, -0.1) is 0 Å². The number of aromatic amines is 1. The Bertz CT molecular complexity index is 884. The molecule has 2 unspecified atom stereocenters. The Morgan fingerprint density at radius 2 is 2.04 bits per heavy atom. The number of pyridine rings is 1. The Balaban J connectivity index is 1.54. The van der Waals surface area contributed by atoms with E-state index in [-0.39, 0.29) is 0 Å². The summed E-state index contributed by atoms with van der Waals surface area (Å²) in [7, 11) is 2.26. The van der Waals surface area contributed by atoms with Gasteiger partial charge in [0.05, 0.1) is 5.69 Å². The minimum atomic E-state index is 0.510. The number of likely N-dealkylation sites (tertiary alicyclic amines) is 1. The quantitative estimate of drug-likeness (QED) is 0.704. The molecule has 4 heteroatoms. The fraction of sp³-hybridized carbons (Fsp3) is 0.409. The van der Waals surface area contributed by atoms with Crippen molar-refractivity contribution < 1.29 is 0 Å². The summed E-state index contributed by atoms with van der Waals surface area (Å²) in [5.74, 6) is 0. The molecule has 1 aromatic carbocycles. The lowest BCUT2D eigenvalue weighted by Gasteiger charge is -2.42. The second kappa shape index (κ2) is 7.12. The molecule has 26 heavy (non-hydrogen) atoms. The Morgan fingerprint density at radius 1 is 1.15 bits per heavy atom. The molecule has 3 heterocycles. The number of hydrogen-bond acceptors (Lipinski definition) is 3. The first-order chi connectivity index (χ1) is 12.6. The van der Waals surface area contributed by atoms with Crippen LogP contribution in [0.5, 0.6) is 0 Å². The zero-order valence-electron chi connectivity index (χ0n) is 15.9. The predicted octanol–water partition coefficient (Wildman–Crippen LogP) is 4.90. The minimum absolute atomic E-state index is 0.510. The van der Waals surface area contributed by atoms with Gasteiger partial charge in [0.15, 0.2) is 0 Å². The number of H-pyrrole nitrogens is 1. The zero-order valence-corrected chi connectivity index (χ0v) is 15.9. The lowest BCUT2D eigenvalue weighted by Crippen LogP contribution is -2.48. The summed E-state index contributed by atoms with van der Waals surface area (Å²) in [6.07, 6.45) is 9.45. The molecule has 3 aromatic rings. The molecule has 4 nitrogen and oxygen atoms in total. The van der Waals surface area contributed by atoms with Gasteiger partial charge in [-0.3, -0.25) is 4.98 Å². The monoisotopic (exact) mass is 348 g/mol. The van der Waals surface area contributed by atoms with Gasteiger partial charge in [0.2, 0.25) is 0 Å². The van der Waals surface area contributed by atoms with Crippen LogP contribution >= 0.6 is 0 Å². The molecular weight excluding hydrogens is 320 g/mol. The number of fused-ring (bicyclic) bond motifs is 1. The topological polar surface area (TPSA) is 44.0 Å². The highest BCUT2D eigenvalue weighted by Gasteiger charge is 2.29. The second-order valence-electron chi connectivity index (χ2n) is 7.63. The average Bonchev–Trinajstić information content (AvgIpc) is 3.12. The van der Waals surface area contributed by atoms with E-state index in [9.17, 15) is 0 Å². The van der Waals surface area contributed by atoms with Gasteiger partial charge < -0.3 is 15.2 Å². The first-order valence-electron chi connectivity index (χ1n) is 9.65. The molecule has 0 spiro atoms. The van der Waals surface area contributed by atoms with E-state index in [1.807, 2.05) is 18.6 Å². The number of anilines is 1. The summed E-state index contributed by atoms with van der Waals surface area (Å²) in [5.41, 5.74) is 4.65. The molecule has 136 valence electrons. The predicted molar refractivity (Wildman–Crippen MR) is 109 cm³/mol. The van der Waals surface area contributed by atoms with Crippen LogP contribution < -0.4 is 5.32 Å². The Hall–Kier alpha value is -2.33. The van der Waals surface area contributed by atoms with Crippen LogP contribution in [0.2, 0.25) is 0 Å². The van der Waals surface area contributed by atoms with Crippen LogP contribution in [0.4, 0.5) is 5.69 Å². The van der Waals surface area contributed by atoms with E-state index in [1.165, 1.54) is 35.7 Å². The summed E-state index contributed by atoms with van der Waals surface area (Å²) < 4.78 is 0. The Kier molecular flexibility index (Phi) is 4.68. The fourth-order valence-corrected chi connectivity index (χ4v) is 4.25. The highest BCUT2D eigenvalue weighted by atomic mass is 15.2. The van der Waals surface area contributed by atoms with Crippen molar-refractivity contribution in [1.82, 2.24) is 14.9 Å². The largest absolute Gasteiger partial charge is 0.381 e. The van der Waals surface area contributed by atoms with E-state index in [2.05, 4.69) is 71.4 Å². The van der Waals surface area contributed by atoms with Crippen molar-refractivity contribution in [3.8, 4) is 11.1 Å². The van der Waals surface area contributed by atoms with E-state index in [1.54, 1.807) is 0 Å². The number of benzene rings is 1. The molecule has 0 aliphatic carbocycles. The molecule has 1 aliphatic heterocycles. The minimum Gasteiger partial charge on any atom is -0.381 e. The van der Waals surface area contributed by atoms with E-state index in [0.717, 1.165) is 11.3 Å². The van der Waals surface area contributed by atoms with Crippen LogP contribution in [-0.4, -0.2) is 40.0 Å². The second-order valence-corrected chi connectivity index (χ2v) is 7.63. The lowest BCUT2D eigenvalue weighted by molar-refractivity contribution is 0.114. The van der Waals surface area contributed by atoms with E-state index in [0.29, 0.717) is 18.1 Å². The maximum atomic E-state index is 4.49. The fourth-order valence-electron chi connectivity index (χ4n) is 4.25. The van der Waals surface area contributed by atoms with Crippen molar-refractivity contribution in [1.29, 1.82) is 0 Å². The van der Waals surface area contributed by atoms with Gasteiger partial charge in [0, 0.05) is 47.8 Å². The molecule has 1 saturated heterocycles. The van der Waals surface area contributed by atoms with Crippen molar-refractivity contribution in [3.63, 3.8) is 0 Å². The molecule has 0 amide bonds. The van der Waals surface area contributed by atoms with E-state index in [4.69, 9.17) is 0 Å². The molecule has 3 atom stereocenters. The van der Waals surface area contributed by atoms with Crippen molar-refractivity contribution in [2.75, 3.05) is 12.4 Å². The molecule has 1 fully saturated rings. The third-order valence-electron chi connectivity index (χ3n) is 5.92. The number of nitrogens with zero attached hydrogens (tertiary/aromatic N) is 2. The summed E-state index contributed by atoms with van der Waals surface area (Å²) >= 11 is 0. The first kappa shape index (κ1) is 17.1. The van der Waals surface area contributed by atoms with Crippen LogP contribution in [0, 0.1) is 0 Å². The highest BCUT2D eigenvalue weighted by Crippen LogP contribution is 2.28. The molecule has 2 aromatic heterocycles. The lowest BCUT2D eigenvalue weighted by atomic mass is 9.91. The standard InChI is InChI=1S/C22H28N4/c1-4-21-12-19(9-15(2)26(21)3)25-20-11-18(13-23-14-20)16-5-6-22-17(10-16)7-8-24-22/h5-8,10-11,13-15,19,21,24-25H,4,9,12H2,1-3H3/t15?,19-,21?/m1/s1. The zero-order chi connectivity index (χ0) is 18.1.